The van der Waals surface area contributed by atoms with Crippen molar-refractivity contribution >= 4 is 11.8 Å². The molecule has 0 saturated heterocycles. The number of halogens is 2. The first-order valence-electron chi connectivity index (χ1n) is 5.06. The quantitative estimate of drug-likeness (QED) is 0.652. The van der Waals surface area contributed by atoms with Crippen molar-refractivity contribution in [3.05, 3.63) is 35.4 Å². The van der Waals surface area contributed by atoms with Crippen LogP contribution in [0.25, 0.3) is 0 Å². The van der Waals surface area contributed by atoms with Gasteiger partial charge in [-0.2, -0.15) is 0 Å². The lowest BCUT2D eigenvalue weighted by atomic mass is 9.88. The number of carbonyl (C=O) groups excluding carboxylic acids is 1. The maximum absolute atomic E-state index is 13.3. The number of carbonyl (C=O) groups is 2. The average Bonchev–Trinajstić information content (AvgIpc) is 2.20. The Balaban J connectivity index is 3.18. The molecule has 0 spiro atoms. The highest BCUT2D eigenvalue weighted by atomic mass is 19.1. The number of hydrogen-bond acceptors (Lipinski definition) is 2. The number of aliphatic carboxylic acids is 1. The number of hydrogen-bond donors (Lipinski definition) is 1. The third kappa shape index (κ3) is 2.87. The third-order valence-corrected chi connectivity index (χ3v) is 2.41. The van der Waals surface area contributed by atoms with E-state index in [2.05, 4.69) is 0 Å². The standard InChI is InChI=1S/C12H12F2O3/c1-6(2)10(12(16)17)11(15)8-5-7(13)3-4-9(8)14/h3-6,10H,1-2H3,(H,16,17). The zero-order valence-corrected chi connectivity index (χ0v) is 9.41. The van der Waals surface area contributed by atoms with Gasteiger partial charge in [-0.25, -0.2) is 8.78 Å². The van der Waals surface area contributed by atoms with Crippen LogP contribution in [-0.2, 0) is 4.79 Å². The molecule has 1 atom stereocenters. The molecule has 0 saturated carbocycles. The molecule has 0 aliphatic heterocycles. The topological polar surface area (TPSA) is 54.4 Å². The second kappa shape index (κ2) is 5.03. The Bertz CT molecular complexity index is 455. The summed E-state index contributed by atoms with van der Waals surface area (Å²) in [5.41, 5.74) is -0.522. The van der Waals surface area contributed by atoms with Crippen LogP contribution in [0, 0.1) is 23.5 Å². The molecule has 1 aromatic rings. The van der Waals surface area contributed by atoms with Crippen LogP contribution in [0.3, 0.4) is 0 Å². The minimum absolute atomic E-state index is 0.498. The van der Waals surface area contributed by atoms with E-state index in [0.717, 1.165) is 18.2 Å². The fourth-order valence-corrected chi connectivity index (χ4v) is 1.55. The molecule has 1 N–H and O–H groups in total. The van der Waals surface area contributed by atoms with Crippen LogP contribution in [0.2, 0.25) is 0 Å². The Morgan fingerprint density at radius 1 is 1.24 bits per heavy atom. The third-order valence-electron chi connectivity index (χ3n) is 2.41. The molecular formula is C12H12F2O3. The van der Waals surface area contributed by atoms with Crippen molar-refractivity contribution < 1.29 is 23.5 Å². The largest absolute Gasteiger partial charge is 0.481 e. The zero-order chi connectivity index (χ0) is 13.2. The normalized spacial score (nSPS) is 12.5. The predicted molar refractivity (Wildman–Crippen MR) is 56.7 cm³/mol. The summed E-state index contributed by atoms with van der Waals surface area (Å²) in [6.45, 7) is 3.07. The Morgan fingerprint density at radius 2 is 1.82 bits per heavy atom. The van der Waals surface area contributed by atoms with Gasteiger partial charge in [-0.15, -0.1) is 0 Å². The van der Waals surface area contributed by atoms with Crippen molar-refractivity contribution in [3.63, 3.8) is 0 Å². The van der Waals surface area contributed by atoms with Crippen LogP contribution in [-0.4, -0.2) is 16.9 Å². The van der Waals surface area contributed by atoms with Crippen LogP contribution in [0.4, 0.5) is 8.78 Å². The zero-order valence-electron chi connectivity index (χ0n) is 9.41. The summed E-state index contributed by atoms with van der Waals surface area (Å²) in [4.78, 5) is 22.7. The molecule has 0 aliphatic carbocycles. The molecule has 17 heavy (non-hydrogen) atoms. The van der Waals surface area contributed by atoms with E-state index in [1.165, 1.54) is 13.8 Å². The highest BCUT2D eigenvalue weighted by molar-refractivity contribution is 6.08. The molecule has 0 aliphatic rings. The Labute approximate surface area is 97.1 Å². The Hall–Kier alpha value is -1.78. The number of benzene rings is 1. The molecule has 0 aromatic heterocycles. The second-order valence-corrected chi connectivity index (χ2v) is 4.05. The average molecular weight is 242 g/mol. The molecule has 1 unspecified atom stereocenters. The van der Waals surface area contributed by atoms with Crippen LogP contribution in [0.1, 0.15) is 24.2 Å². The van der Waals surface area contributed by atoms with E-state index in [0.29, 0.717) is 0 Å². The number of carboxylic acids is 1. The molecule has 1 aromatic carbocycles. The van der Waals surface area contributed by atoms with E-state index in [4.69, 9.17) is 5.11 Å². The van der Waals surface area contributed by atoms with Gasteiger partial charge in [0.15, 0.2) is 5.78 Å². The van der Waals surface area contributed by atoms with Gasteiger partial charge in [0.2, 0.25) is 0 Å². The maximum Gasteiger partial charge on any atom is 0.314 e. The number of Topliss-reactive ketones (excluding diaryl/α,β-unsaturated/α-hetero) is 1. The molecule has 92 valence electrons. The van der Waals surface area contributed by atoms with Crippen molar-refractivity contribution in [1.29, 1.82) is 0 Å². The maximum atomic E-state index is 13.3. The van der Waals surface area contributed by atoms with E-state index in [1.807, 2.05) is 0 Å². The van der Waals surface area contributed by atoms with Gasteiger partial charge < -0.3 is 5.11 Å². The molecule has 0 fully saturated rings. The second-order valence-electron chi connectivity index (χ2n) is 4.05. The molecule has 1 rings (SSSR count). The summed E-state index contributed by atoms with van der Waals surface area (Å²) >= 11 is 0. The Morgan fingerprint density at radius 3 is 2.29 bits per heavy atom. The van der Waals surface area contributed by atoms with E-state index >= 15 is 0 Å². The smallest absolute Gasteiger partial charge is 0.314 e. The lowest BCUT2D eigenvalue weighted by Gasteiger charge is -2.15. The van der Waals surface area contributed by atoms with E-state index < -0.39 is 40.8 Å². The fourth-order valence-electron chi connectivity index (χ4n) is 1.55. The molecule has 0 bridgehead atoms. The summed E-state index contributed by atoms with van der Waals surface area (Å²) in [6.07, 6.45) is 0. The highest BCUT2D eigenvalue weighted by Gasteiger charge is 2.32. The number of rotatable bonds is 4. The first-order chi connectivity index (χ1) is 7.84. The van der Waals surface area contributed by atoms with Crippen molar-refractivity contribution in [1.82, 2.24) is 0 Å². The van der Waals surface area contributed by atoms with Crippen molar-refractivity contribution in [2.45, 2.75) is 13.8 Å². The van der Waals surface area contributed by atoms with Gasteiger partial charge in [0.05, 0.1) is 5.56 Å². The summed E-state index contributed by atoms with van der Waals surface area (Å²) in [5.74, 6) is -5.81. The summed E-state index contributed by atoms with van der Waals surface area (Å²) in [6, 6.07) is 2.40. The van der Waals surface area contributed by atoms with Gasteiger partial charge >= 0.3 is 5.97 Å². The lowest BCUT2D eigenvalue weighted by molar-refractivity contribution is -0.141. The lowest BCUT2D eigenvalue weighted by Crippen LogP contribution is -2.29. The van der Waals surface area contributed by atoms with Crippen molar-refractivity contribution in [2.24, 2.45) is 11.8 Å². The van der Waals surface area contributed by atoms with Crippen molar-refractivity contribution in [2.75, 3.05) is 0 Å². The van der Waals surface area contributed by atoms with E-state index in [-0.39, 0.29) is 0 Å². The van der Waals surface area contributed by atoms with Crippen LogP contribution >= 0.6 is 0 Å². The highest BCUT2D eigenvalue weighted by Crippen LogP contribution is 2.20. The van der Waals surface area contributed by atoms with E-state index in [1.54, 1.807) is 0 Å². The van der Waals surface area contributed by atoms with E-state index in [9.17, 15) is 18.4 Å². The van der Waals surface area contributed by atoms with Gasteiger partial charge in [0.1, 0.15) is 17.6 Å². The minimum Gasteiger partial charge on any atom is -0.481 e. The Kier molecular flexibility index (Phi) is 3.93. The SMILES string of the molecule is CC(C)C(C(=O)O)C(=O)c1cc(F)ccc1F. The van der Waals surface area contributed by atoms with Gasteiger partial charge in [0, 0.05) is 0 Å². The summed E-state index contributed by atoms with van der Waals surface area (Å²) < 4.78 is 26.2. The molecule has 5 heteroatoms. The fraction of sp³-hybridized carbons (Fsp3) is 0.333. The summed E-state index contributed by atoms with van der Waals surface area (Å²) in [7, 11) is 0. The molecule has 0 amide bonds. The number of carboxylic acid groups (broad SMARTS) is 1. The van der Waals surface area contributed by atoms with Crippen LogP contribution < -0.4 is 0 Å². The van der Waals surface area contributed by atoms with Crippen LogP contribution in [0.5, 0.6) is 0 Å². The molecule has 0 radical (unpaired) electrons. The predicted octanol–water partition coefficient (Wildman–Crippen LogP) is 2.50. The van der Waals surface area contributed by atoms with Gasteiger partial charge in [-0.3, -0.25) is 9.59 Å². The monoisotopic (exact) mass is 242 g/mol. The first kappa shape index (κ1) is 13.3. The molecular weight excluding hydrogens is 230 g/mol. The van der Waals surface area contributed by atoms with Gasteiger partial charge in [-0.1, -0.05) is 13.8 Å². The molecule has 3 nitrogen and oxygen atoms in total. The minimum atomic E-state index is -1.37. The van der Waals surface area contributed by atoms with Gasteiger partial charge in [-0.05, 0) is 24.1 Å². The summed E-state index contributed by atoms with van der Waals surface area (Å²) in [5, 5.41) is 8.90. The number of ketones is 1. The molecule has 0 heterocycles. The van der Waals surface area contributed by atoms with Crippen molar-refractivity contribution in [3.8, 4) is 0 Å². The van der Waals surface area contributed by atoms with Gasteiger partial charge in [0.25, 0.3) is 0 Å². The first-order valence-corrected chi connectivity index (χ1v) is 5.06. The van der Waals surface area contributed by atoms with Crippen LogP contribution in [0.15, 0.2) is 18.2 Å².